The van der Waals surface area contributed by atoms with Gasteiger partial charge in [-0.25, -0.2) is 0 Å². The Hall–Kier alpha value is -0.830. The molecule has 0 aliphatic rings. The molecule has 12 heavy (non-hydrogen) atoms. The summed E-state index contributed by atoms with van der Waals surface area (Å²) < 4.78 is 0. The van der Waals surface area contributed by atoms with E-state index in [1.165, 1.54) is 25.9 Å². The van der Waals surface area contributed by atoms with Gasteiger partial charge in [0, 0.05) is 0 Å². The molecule has 72 valence electrons. The predicted molar refractivity (Wildman–Crippen MR) is 52.8 cm³/mol. The standard InChI is InChI=1S/C6H15N.C3H5NO/c1-3-5-7-6-4-2;1-2-3(4)5/h7H,3-6H2,1-2H3;2H,1H2,(H2,4,5). The molecule has 0 spiro atoms. The summed E-state index contributed by atoms with van der Waals surface area (Å²) in [6.07, 6.45) is 3.56. The third-order valence-electron chi connectivity index (χ3n) is 1.05. The first-order valence-electron chi connectivity index (χ1n) is 4.31. The predicted octanol–water partition coefficient (Wildman–Crippen LogP) is 1.05. The highest BCUT2D eigenvalue weighted by Gasteiger charge is 1.76. The third kappa shape index (κ3) is 22.9. The van der Waals surface area contributed by atoms with E-state index in [2.05, 4.69) is 31.5 Å². The molecule has 0 unspecified atom stereocenters. The molecule has 1 amide bonds. The van der Waals surface area contributed by atoms with Crippen molar-refractivity contribution >= 4 is 5.91 Å². The molecule has 0 radical (unpaired) electrons. The Bertz CT molecular complexity index is 109. The van der Waals surface area contributed by atoms with Crippen molar-refractivity contribution in [2.24, 2.45) is 5.73 Å². The molecule has 0 aliphatic carbocycles. The van der Waals surface area contributed by atoms with Gasteiger partial charge >= 0.3 is 0 Å². The molecule has 3 nitrogen and oxygen atoms in total. The Morgan fingerprint density at radius 1 is 1.42 bits per heavy atom. The van der Waals surface area contributed by atoms with Crippen molar-refractivity contribution < 1.29 is 4.79 Å². The fourth-order valence-electron chi connectivity index (χ4n) is 0.479. The third-order valence-corrected chi connectivity index (χ3v) is 1.05. The van der Waals surface area contributed by atoms with Crippen LogP contribution < -0.4 is 11.1 Å². The van der Waals surface area contributed by atoms with Gasteiger partial charge in [-0.3, -0.25) is 4.79 Å². The van der Waals surface area contributed by atoms with Crippen LogP contribution in [0.1, 0.15) is 26.7 Å². The molecule has 0 rings (SSSR count). The van der Waals surface area contributed by atoms with Crippen molar-refractivity contribution in [2.75, 3.05) is 13.1 Å². The molecule has 0 aromatic heterocycles. The van der Waals surface area contributed by atoms with E-state index in [1.807, 2.05) is 0 Å². The van der Waals surface area contributed by atoms with Crippen LogP contribution in [-0.4, -0.2) is 19.0 Å². The molecular weight excluding hydrogens is 152 g/mol. The van der Waals surface area contributed by atoms with Crippen LogP contribution in [0.5, 0.6) is 0 Å². The van der Waals surface area contributed by atoms with E-state index in [0.717, 1.165) is 6.08 Å². The summed E-state index contributed by atoms with van der Waals surface area (Å²) in [5.74, 6) is -0.481. The molecule has 3 heteroatoms. The average molecular weight is 172 g/mol. The monoisotopic (exact) mass is 172 g/mol. The van der Waals surface area contributed by atoms with Crippen LogP contribution in [-0.2, 0) is 4.79 Å². The number of carbonyl (C=O) groups is 1. The van der Waals surface area contributed by atoms with E-state index in [4.69, 9.17) is 0 Å². The molecule has 0 atom stereocenters. The van der Waals surface area contributed by atoms with Crippen LogP contribution in [0.15, 0.2) is 12.7 Å². The van der Waals surface area contributed by atoms with Gasteiger partial charge in [0.1, 0.15) is 0 Å². The van der Waals surface area contributed by atoms with Crippen LogP contribution in [0.4, 0.5) is 0 Å². The Morgan fingerprint density at radius 3 is 1.92 bits per heavy atom. The quantitative estimate of drug-likeness (QED) is 0.481. The molecule has 0 heterocycles. The minimum absolute atomic E-state index is 0.481. The Kier molecular flexibility index (Phi) is 14.7. The van der Waals surface area contributed by atoms with Crippen LogP contribution in [0.2, 0.25) is 0 Å². The van der Waals surface area contributed by atoms with Gasteiger partial charge in [0.2, 0.25) is 5.91 Å². The highest BCUT2D eigenvalue weighted by molar-refractivity contribution is 5.84. The SMILES string of the molecule is C=CC(N)=O.CCCNCCC. The zero-order chi connectivity index (χ0) is 9.82. The molecule has 0 saturated carbocycles. The Labute approximate surface area is 75.0 Å². The summed E-state index contributed by atoms with van der Waals surface area (Å²) in [6.45, 7) is 9.80. The normalized spacial score (nSPS) is 8.17. The maximum Gasteiger partial charge on any atom is 0.240 e. The van der Waals surface area contributed by atoms with Gasteiger partial charge in [0.25, 0.3) is 0 Å². The molecule has 0 bridgehead atoms. The van der Waals surface area contributed by atoms with Crippen LogP contribution in [0.25, 0.3) is 0 Å². The number of hydrogen-bond acceptors (Lipinski definition) is 2. The zero-order valence-electron chi connectivity index (χ0n) is 8.10. The van der Waals surface area contributed by atoms with Crippen LogP contribution >= 0.6 is 0 Å². The second-order valence-electron chi connectivity index (χ2n) is 2.36. The number of amides is 1. The fourth-order valence-corrected chi connectivity index (χ4v) is 0.479. The second kappa shape index (κ2) is 12.8. The summed E-state index contributed by atoms with van der Waals surface area (Å²) in [6, 6.07) is 0. The highest BCUT2D eigenvalue weighted by Crippen LogP contribution is 1.71. The number of nitrogens with two attached hydrogens (primary N) is 1. The number of nitrogens with one attached hydrogen (secondary N) is 1. The maximum absolute atomic E-state index is 9.47. The molecule has 0 aliphatic heterocycles. The lowest BCUT2D eigenvalue weighted by molar-refractivity contribution is -0.113. The first-order chi connectivity index (χ1) is 5.68. The van der Waals surface area contributed by atoms with E-state index in [-0.39, 0.29) is 0 Å². The van der Waals surface area contributed by atoms with Gasteiger partial charge in [0.15, 0.2) is 0 Å². The van der Waals surface area contributed by atoms with Crippen molar-refractivity contribution in [3.63, 3.8) is 0 Å². The summed E-state index contributed by atoms with van der Waals surface area (Å²) in [7, 11) is 0. The smallest absolute Gasteiger partial charge is 0.240 e. The van der Waals surface area contributed by atoms with Crippen LogP contribution in [0, 0.1) is 0 Å². The minimum Gasteiger partial charge on any atom is -0.366 e. The Morgan fingerprint density at radius 2 is 1.75 bits per heavy atom. The number of primary amides is 1. The first-order valence-corrected chi connectivity index (χ1v) is 4.31. The van der Waals surface area contributed by atoms with Gasteiger partial charge in [-0.15, -0.1) is 0 Å². The first kappa shape index (κ1) is 13.7. The van der Waals surface area contributed by atoms with E-state index < -0.39 is 5.91 Å². The van der Waals surface area contributed by atoms with E-state index in [0.29, 0.717) is 0 Å². The number of rotatable bonds is 5. The lowest BCUT2D eigenvalue weighted by Crippen LogP contribution is -2.14. The minimum atomic E-state index is -0.481. The molecule has 0 aromatic carbocycles. The van der Waals surface area contributed by atoms with Crippen molar-refractivity contribution in [1.82, 2.24) is 5.32 Å². The van der Waals surface area contributed by atoms with E-state index in [9.17, 15) is 4.79 Å². The van der Waals surface area contributed by atoms with Gasteiger partial charge in [-0.1, -0.05) is 20.4 Å². The summed E-state index contributed by atoms with van der Waals surface area (Å²) in [5.41, 5.74) is 4.53. The zero-order valence-corrected chi connectivity index (χ0v) is 8.10. The summed E-state index contributed by atoms with van der Waals surface area (Å²) in [4.78, 5) is 9.47. The van der Waals surface area contributed by atoms with Crippen molar-refractivity contribution in [2.45, 2.75) is 26.7 Å². The Balaban J connectivity index is 0. The van der Waals surface area contributed by atoms with E-state index >= 15 is 0 Å². The topological polar surface area (TPSA) is 55.1 Å². The fraction of sp³-hybridized carbons (Fsp3) is 0.667. The lowest BCUT2D eigenvalue weighted by Gasteiger charge is -1.95. The molecular formula is C9H20N2O. The van der Waals surface area contributed by atoms with Crippen LogP contribution in [0.3, 0.4) is 0 Å². The largest absolute Gasteiger partial charge is 0.366 e. The maximum atomic E-state index is 9.47. The van der Waals surface area contributed by atoms with E-state index in [1.54, 1.807) is 0 Å². The van der Waals surface area contributed by atoms with Crippen molar-refractivity contribution in [3.05, 3.63) is 12.7 Å². The van der Waals surface area contributed by atoms with Gasteiger partial charge in [-0.05, 0) is 32.0 Å². The lowest BCUT2D eigenvalue weighted by atomic mass is 10.4. The van der Waals surface area contributed by atoms with Gasteiger partial charge < -0.3 is 11.1 Å². The molecule has 3 N–H and O–H groups in total. The van der Waals surface area contributed by atoms with Gasteiger partial charge in [0.05, 0.1) is 0 Å². The van der Waals surface area contributed by atoms with Crippen molar-refractivity contribution in [1.29, 1.82) is 0 Å². The van der Waals surface area contributed by atoms with Crippen molar-refractivity contribution in [3.8, 4) is 0 Å². The molecule has 0 aromatic rings. The number of hydrogen-bond donors (Lipinski definition) is 2. The number of carbonyl (C=O) groups excluding carboxylic acids is 1. The van der Waals surface area contributed by atoms with Gasteiger partial charge in [-0.2, -0.15) is 0 Å². The second-order valence-corrected chi connectivity index (χ2v) is 2.36. The average Bonchev–Trinajstić information content (AvgIpc) is 2.07. The molecule has 0 fully saturated rings. The molecule has 0 saturated heterocycles. The highest BCUT2D eigenvalue weighted by atomic mass is 16.1. The summed E-state index contributed by atoms with van der Waals surface area (Å²) >= 11 is 0. The summed E-state index contributed by atoms with van der Waals surface area (Å²) in [5, 5.41) is 3.28.